The fourth-order valence-corrected chi connectivity index (χ4v) is 1.80. The third kappa shape index (κ3) is 2.77. The fraction of sp³-hybridized carbons (Fsp3) is 0.0714. The molecule has 2 aromatic heterocycles. The fourth-order valence-electron chi connectivity index (χ4n) is 1.80. The van der Waals surface area contributed by atoms with E-state index >= 15 is 0 Å². The van der Waals surface area contributed by atoms with Gasteiger partial charge in [0.05, 0.1) is 30.5 Å². The first kappa shape index (κ1) is 11.4. The quantitative estimate of drug-likeness (QED) is 0.747. The van der Waals surface area contributed by atoms with E-state index in [1.54, 1.807) is 18.9 Å². The highest BCUT2D eigenvalue weighted by Gasteiger charge is 1.99. The average Bonchev–Trinajstić information content (AvgIpc) is 3.01. The molecule has 2 N–H and O–H groups in total. The minimum atomic E-state index is 0.686. The lowest BCUT2D eigenvalue weighted by atomic mass is 10.1. The highest BCUT2D eigenvalue weighted by Crippen LogP contribution is 2.18. The van der Waals surface area contributed by atoms with E-state index < -0.39 is 0 Å². The Morgan fingerprint density at radius 3 is 2.63 bits per heavy atom. The maximum absolute atomic E-state index is 4.17. The Kier molecular flexibility index (Phi) is 3.18. The number of rotatable bonds is 4. The zero-order chi connectivity index (χ0) is 12.9. The van der Waals surface area contributed by atoms with Gasteiger partial charge in [-0.05, 0) is 23.8 Å². The molecule has 0 aliphatic carbocycles. The molecule has 94 valence electrons. The molecule has 5 nitrogen and oxygen atoms in total. The maximum atomic E-state index is 4.17. The largest absolute Gasteiger partial charge is 0.379 e. The van der Waals surface area contributed by atoms with Crippen LogP contribution < -0.4 is 5.32 Å². The van der Waals surface area contributed by atoms with Gasteiger partial charge in [0.1, 0.15) is 6.33 Å². The average molecular weight is 251 g/mol. The molecule has 0 radical (unpaired) electrons. The van der Waals surface area contributed by atoms with Crippen molar-refractivity contribution >= 4 is 5.69 Å². The molecule has 0 aliphatic rings. The molecule has 0 aliphatic heterocycles. The monoisotopic (exact) mass is 251 g/mol. The molecule has 0 bridgehead atoms. The lowest BCUT2D eigenvalue weighted by Crippen LogP contribution is -2.01. The first-order chi connectivity index (χ1) is 9.42. The number of benzene rings is 1. The summed E-state index contributed by atoms with van der Waals surface area (Å²) in [6, 6.07) is 10.1. The van der Waals surface area contributed by atoms with Crippen molar-refractivity contribution in [2.24, 2.45) is 0 Å². The summed E-state index contributed by atoms with van der Waals surface area (Å²) >= 11 is 0. The smallest absolute Gasteiger partial charge is 0.115 e. The highest BCUT2D eigenvalue weighted by molar-refractivity contribution is 5.61. The van der Waals surface area contributed by atoms with Crippen LogP contribution in [0, 0.1) is 0 Å². The SMILES string of the molecule is c1cc(CNc2ccc(-c3cnc[nH]3)cc2)ncn1. The molecule has 0 spiro atoms. The van der Waals surface area contributed by atoms with Crippen molar-refractivity contribution in [2.75, 3.05) is 5.32 Å². The number of anilines is 1. The number of aromatic amines is 1. The normalized spacial score (nSPS) is 10.3. The summed E-state index contributed by atoms with van der Waals surface area (Å²) in [4.78, 5) is 15.2. The van der Waals surface area contributed by atoms with Crippen molar-refractivity contribution in [3.63, 3.8) is 0 Å². The van der Waals surface area contributed by atoms with Crippen molar-refractivity contribution in [2.45, 2.75) is 6.54 Å². The van der Waals surface area contributed by atoms with E-state index in [1.165, 1.54) is 0 Å². The second kappa shape index (κ2) is 5.30. The first-order valence-electron chi connectivity index (χ1n) is 5.99. The van der Waals surface area contributed by atoms with Crippen LogP contribution in [0.1, 0.15) is 5.69 Å². The summed E-state index contributed by atoms with van der Waals surface area (Å²) in [5, 5.41) is 3.32. The van der Waals surface area contributed by atoms with Crippen molar-refractivity contribution < 1.29 is 0 Å². The molecule has 0 atom stereocenters. The van der Waals surface area contributed by atoms with Gasteiger partial charge in [-0.1, -0.05) is 12.1 Å². The van der Waals surface area contributed by atoms with Crippen LogP contribution in [0.2, 0.25) is 0 Å². The summed E-state index contributed by atoms with van der Waals surface area (Å²) < 4.78 is 0. The molecule has 5 heteroatoms. The minimum absolute atomic E-state index is 0.686. The predicted molar refractivity (Wildman–Crippen MR) is 73.4 cm³/mol. The van der Waals surface area contributed by atoms with Gasteiger partial charge in [-0.2, -0.15) is 0 Å². The number of nitrogens with zero attached hydrogens (tertiary/aromatic N) is 3. The van der Waals surface area contributed by atoms with Crippen LogP contribution in [0.4, 0.5) is 5.69 Å². The zero-order valence-corrected chi connectivity index (χ0v) is 10.2. The van der Waals surface area contributed by atoms with Crippen LogP contribution in [0.15, 0.2) is 55.4 Å². The maximum Gasteiger partial charge on any atom is 0.115 e. The third-order valence-electron chi connectivity index (χ3n) is 2.81. The van der Waals surface area contributed by atoms with Crippen molar-refractivity contribution in [3.05, 3.63) is 61.1 Å². The molecule has 0 saturated heterocycles. The Morgan fingerprint density at radius 2 is 1.95 bits per heavy atom. The van der Waals surface area contributed by atoms with Gasteiger partial charge in [0.2, 0.25) is 0 Å². The van der Waals surface area contributed by atoms with E-state index in [1.807, 2.05) is 24.4 Å². The molecular formula is C14H13N5. The Hall–Kier alpha value is -2.69. The van der Waals surface area contributed by atoms with Gasteiger partial charge in [-0.3, -0.25) is 0 Å². The lowest BCUT2D eigenvalue weighted by Gasteiger charge is -2.06. The summed E-state index contributed by atoms with van der Waals surface area (Å²) in [6.45, 7) is 0.686. The van der Waals surface area contributed by atoms with Gasteiger partial charge in [0.15, 0.2) is 0 Å². The summed E-state index contributed by atoms with van der Waals surface area (Å²) in [7, 11) is 0. The van der Waals surface area contributed by atoms with E-state index in [4.69, 9.17) is 0 Å². The predicted octanol–water partition coefficient (Wildman–Crippen LogP) is 2.48. The molecule has 0 amide bonds. The van der Waals surface area contributed by atoms with E-state index in [9.17, 15) is 0 Å². The van der Waals surface area contributed by atoms with Crippen LogP contribution >= 0.6 is 0 Å². The molecular weight excluding hydrogens is 238 g/mol. The second-order valence-corrected chi connectivity index (χ2v) is 4.10. The van der Waals surface area contributed by atoms with Crippen LogP contribution in [0.5, 0.6) is 0 Å². The first-order valence-corrected chi connectivity index (χ1v) is 5.99. The van der Waals surface area contributed by atoms with Gasteiger partial charge in [-0.25, -0.2) is 15.0 Å². The molecule has 3 rings (SSSR count). The Bertz CT molecular complexity index is 617. The number of H-pyrrole nitrogens is 1. The number of imidazole rings is 1. The summed E-state index contributed by atoms with van der Waals surface area (Å²) in [5.74, 6) is 0. The van der Waals surface area contributed by atoms with Crippen LogP contribution in [0.3, 0.4) is 0 Å². The van der Waals surface area contributed by atoms with E-state index in [2.05, 4.69) is 37.4 Å². The molecule has 1 aromatic carbocycles. The summed E-state index contributed by atoms with van der Waals surface area (Å²) in [6.07, 6.45) is 6.78. The number of hydrogen-bond donors (Lipinski definition) is 2. The van der Waals surface area contributed by atoms with Gasteiger partial charge in [0.25, 0.3) is 0 Å². The Morgan fingerprint density at radius 1 is 1.05 bits per heavy atom. The van der Waals surface area contributed by atoms with Crippen LogP contribution in [-0.2, 0) is 6.54 Å². The van der Waals surface area contributed by atoms with E-state index in [0.29, 0.717) is 6.54 Å². The van der Waals surface area contributed by atoms with Gasteiger partial charge < -0.3 is 10.3 Å². The third-order valence-corrected chi connectivity index (χ3v) is 2.81. The van der Waals surface area contributed by atoms with Crippen molar-refractivity contribution in [1.29, 1.82) is 0 Å². The molecule has 19 heavy (non-hydrogen) atoms. The van der Waals surface area contributed by atoms with Gasteiger partial charge in [-0.15, -0.1) is 0 Å². The van der Waals surface area contributed by atoms with Gasteiger partial charge in [0, 0.05) is 11.9 Å². The standard InChI is InChI=1S/C14H13N5/c1-3-12(17-7-13-5-6-15-9-18-13)4-2-11(1)14-8-16-10-19-14/h1-6,8-10,17H,7H2,(H,16,19). The Balaban J connectivity index is 1.67. The van der Waals surface area contributed by atoms with E-state index in [0.717, 1.165) is 22.6 Å². The Labute approximate surface area is 110 Å². The second-order valence-electron chi connectivity index (χ2n) is 4.10. The molecule has 2 heterocycles. The van der Waals surface area contributed by atoms with Gasteiger partial charge >= 0.3 is 0 Å². The van der Waals surface area contributed by atoms with Crippen molar-refractivity contribution in [1.82, 2.24) is 19.9 Å². The van der Waals surface area contributed by atoms with Crippen LogP contribution in [-0.4, -0.2) is 19.9 Å². The topological polar surface area (TPSA) is 66.5 Å². The molecule has 0 unspecified atom stereocenters. The van der Waals surface area contributed by atoms with Crippen molar-refractivity contribution in [3.8, 4) is 11.3 Å². The highest BCUT2D eigenvalue weighted by atomic mass is 14.9. The van der Waals surface area contributed by atoms with Crippen LogP contribution in [0.25, 0.3) is 11.3 Å². The number of nitrogens with one attached hydrogen (secondary N) is 2. The zero-order valence-electron chi connectivity index (χ0n) is 10.2. The number of hydrogen-bond acceptors (Lipinski definition) is 4. The molecule has 0 fully saturated rings. The minimum Gasteiger partial charge on any atom is -0.379 e. The molecule has 3 aromatic rings. The molecule has 0 saturated carbocycles. The van der Waals surface area contributed by atoms with E-state index in [-0.39, 0.29) is 0 Å². The number of aromatic nitrogens is 4. The lowest BCUT2D eigenvalue weighted by molar-refractivity contribution is 1.01. The summed E-state index contributed by atoms with van der Waals surface area (Å²) in [5.41, 5.74) is 4.15.